The fraction of sp³-hybridized carbons (Fsp3) is 0.500. The molecule has 1 aliphatic carbocycles. The van der Waals surface area contributed by atoms with Gasteiger partial charge in [-0.2, -0.15) is 0 Å². The summed E-state index contributed by atoms with van der Waals surface area (Å²) in [7, 11) is 0. The summed E-state index contributed by atoms with van der Waals surface area (Å²) in [6.07, 6.45) is 0.819. The second-order valence-corrected chi connectivity index (χ2v) is 4.76. The first-order valence-corrected chi connectivity index (χ1v) is 5.94. The van der Waals surface area contributed by atoms with E-state index in [4.69, 9.17) is 10.5 Å². The van der Waals surface area contributed by atoms with E-state index in [1.165, 1.54) is 6.07 Å². The molecule has 1 aromatic rings. The lowest BCUT2D eigenvalue weighted by molar-refractivity contribution is -0.386. The predicted molar refractivity (Wildman–Crippen MR) is 68.9 cm³/mol. The monoisotopic (exact) mass is 251 g/mol. The molecule has 18 heavy (non-hydrogen) atoms. The SMILES string of the molecule is CC(C)Oc1cc(NC2CC2N)ccc1[N+](=O)[O-]. The van der Waals surface area contributed by atoms with Gasteiger partial charge in [-0.3, -0.25) is 10.1 Å². The molecule has 1 aliphatic rings. The summed E-state index contributed by atoms with van der Waals surface area (Å²) in [4.78, 5) is 10.4. The van der Waals surface area contributed by atoms with Gasteiger partial charge >= 0.3 is 5.69 Å². The van der Waals surface area contributed by atoms with E-state index in [9.17, 15) is 10.1 Å². The molecule has 0 radical (unpaired) electrons. The van der Waals surface area contributed by atoms with Crippen LogP contribution in [0, 0.1) is 10.1 Å². The lowest BCUT2D eigenvalue weighted by atomic mass is 10.2. The van der Waals surface area contributed by atoms with Crippen LogP contribution in [0.3, 0.4) is 0 Å². The van der Waals surface area contributed by atoms with Crippen molar-refractivity contribution in [2.45, 2.75) is 38.5 Å². The Morgan fingerprint density at radius 3 is 2.72 bits per heavy atom. The van der Waals surface area contributed by atoms with Crippen LogP contribution in [0.1, 0.15) is 20.3 Å². The fourth-order valence-corrected chi connectivity index (χ4v) is 1.70. The zero-order valence-corrected chi connectivity index (χ0v) is 10.4. The van der Waals surface area contributed by atoms with Crippen molar-refractivity contribution in [3.8, 4) is 5.75 Å². The van der Waals surface area contributed by atoms with Crippen LogP contribution in [-0.2, 0) is 0 Å². The van der Waals surface area contributed by atoms with Crippen molar-refractivity contribution in [3.05, 3.63) is 28.3 Å². The van der Waals surface area contributed by atoms with E-state index < -0.39 is 4.92 Å². The van der Waals surface area contributed by atoms with Crippen molar-refractivity contribution in [1.82, 2.24) is 0 Å². The number of nitro groups is 1. The first-order valence-electron chi connectivity index (χ1n) is 5.94. The van der Waals surface area contributed by atoms with E-state index in [0.717, 1.165) is 12.1 Å². The molecule has 2 unspecified atom stereocenters. The van der Waals surface area contributed by atoms with E-state index >= 15 is 0 Å². The number of ether oxygens (including phenoxy) is 1. The van der Waals surface area contributed by atoms with Crippen molar-refractivity contribution < 1.29 is 9.66 Å². The summed E-state index contributed by atoms with van der Waals surface area (Å²) < 4.78 is 5.46. The lowest BCUT2D eigenvalue weighted by Crippen LogP contribution is -2.13. The molecule has 0 saturated heterocycles. The minimum atomic E-state index is -0.440. The topological polar surface area (TPSA) is 90.4 Å². The van der Waals surface area contributed by atoms with Gasteiger partial charge in [-0.1, -0.05) is 0 Å². The largest absolute Gasteiger partial charge is 0.484 e. The molecule has 2 rings (SSSR count). The molecule has 0 heterocycles. The zero-order chi connectivity index (χ0) is 13.3. The molecule has 1 saturated carbocycles. The van der Waals surface area contributed by atoms with Crippen molar-refractivity contribution in [3.63, 3.8) is 0 Å². The number of nitrogens with two attached hydrogens (primary N) is 1. The van der Waals surface area contributed by atoms with Gasteiger partial charge in [-0.15, -0.1) is 0 Å². The van der Waals surface area contributed by atoms with Gasteiger partial charge in [0.2, 0.25) is 0 Å². The Bertz CT molecular complexity index is 462. The maximum Gasteiger partial charge on any atom is 0.311 e. The molecule has 0 aliphatic heterocycles. The van der Waals surface area contributed by atoms with Crippen LogP contribution in [0.2, 0.25) is 0 Å². The van der Waals surface area contributed by atoms with E-state index in [0.29, 0.717) is 0 Å². The van der Waals surface area contributed by atoms with Crippen molar-refractivity contribution in [2.24, 2.45) is 5.73 Å². The molecular weight excluding hydrogens is 234 g/mol. The number of nitrogens with one attached hydrogen (secondary N) is 1. The summed E-state index contributed by atoms with van der Waals surface area (Å²) in [5, 5.41) is 14.1. The molecule has 6 nitrogen and oxygen atoms in total. The van der Waals surface area contributed by atoms with Gasteiger partial charge in [0.15, 0.2) is 5.75 Å². The predicted octanol–water partition coefficient (Wildman–Crippen LogP) is 1.89. The van der Waals surface area contributed by atoms with Crippen molar-refractivity contribution in [2.75, 3.05) is 5.32 Å². The molecule has 0 bridgehead atoms. The number of hydrogen-bond acceptors (Lipinski definition) is 5. The third-order valence-electron chi connectivity index (χ3n) is 2.71. The second kappa shape index (κ2) is 4.81. The number of benzene rings is 1. The standard InChI is InChI=1S/C12H17N3O3/c1-7(2)18-12-5-8(14-10-6-9(10)13)3-4-11(12)15(16)17/h3-5,7,9-10,14H,6,13H2,1-2H3. The third kappa shape index (κ3) is 2.89. The number of rotatable bonds is 5. The minimum Gasteiger partial charge on any atom is -0.484 e. The van der Waals surface area contributed by atoms with Crippen LogP contribution in [0.5, 0.6) is 5.75 Å². The molecule has 0 aromatic heterocycles. The third-order valence-corrected chi connectivity index (χ3v) is 2.71. The normalized spacial score (nSPS) is 21.8. The highest BCUT2D eigenvalue weighted by Gasteiger charge is 2.33. The van der Waals surface area contributed by atoms with Crippen LogP contribution in [0.4, 0.5) is 11.4 Å². The molecule has 3 N–H and O–H groups in total. The molecule has 1 aromatic carbocycles. The van der Waals surface area contributed by atoms with Gasteiger partial charge in [0.1, 0.15) is 0 Å². The van der Waals surface area contributed by atoms with Crippen LogP contribution in [0.15, 0.2) is 18.2 Å². The molecule has 2 atom stereocenters. The molecule has 6 heteroatoms. The van der Waals surface area contributed by atoms with E-state index in [2.05, 4.69) is 5.32 Å². The quantitative estimate of drug-likeness (QED) is 0.616. The maximum absolute atomic E-state index is 10.9. The van der Waals surface area contributed by atoms with Crippen molar-refractivity contribution in [1.29, 1.82) is 0 Å². The summed E-state index contributed by atoms with van der Waals surface area (Å²) in [5.41, 5.74) is 6.49. The lowest BCUT2D eigenvalue weighted by Gasteiger charge is -2.12. The van der Waals surface area contributed by atoms with Gasteiger partial charge in [0, 0.05) is 29.9 Å². The smallest absolute Gasteiger partial charge is 0.311 e. The summed E-state index contributed by atoms with van der Waals surface area (Å²) in [6.45, 7) is 3.67. The first kappa shape index (κ1) is 12.6. The Balaban J connectivity index is 2.20. The minimum absolute atomic E-state index is 0.0191. The van der Waals surface area contributed by atoms with E-state index in [1.54, 1.807) is 12.1 Å². The summed E-state index contributed by atoms with van der Waals surface area (Å²) in [5.74, 6) is 0.286. The molecule has 1 fully saturated rings. The van der Waals surface area contributed by atoms with Gasteiger partial charge in [-0.25, -0.2) is 0 Å². The van der Waals surface area contributed by atoms with Crippen LogP contribution >= 0.6 is 0 Å². The molecule has 0 spiro atoms. The van der Waals surface area contributed by atoms with Gasteiger partial charge in [0.25, 0.3) is 0 Å². The van der Waals surface area contributed by atoms with Crippen LogP contribution in [-0.4, -0.2) is 23.1 Å². The summed E-state index contributed by atoms with van der Waals surface area (Å²) in [6, 6.07) is 5.22. The molecular formula is C12H17N3O3. The zero-order valence-electron chi connectivity index (χ0n) is 10.4. The van der Waals surface area contributed by atoms with Crippen LogP contribution in [0.25, 0.3) is 0 Å². The van der Waals surface area contributed by atoms with Gasteiger partial charge < -0.3 is 15.8 Å². The maximum atomic E-state index is 10.9. The highest BCUT2D eigenvalue weighted by Crippen LogP contribution is 2.33. The Labute approximate surface area is 105 Å². The van der Waals surface area contributed by atoms with Crippen LogP contribution < -0.4 is 15.8 Å². The Morgan fingerprint density at radius 2 is 2.22 bits per heavy atom. The molecule has 0 amide bonds. The van der Waals surface area contributed by atoms with Crippen molar-refractivity contribution >= 4 is 11.4 Å². The Morgan fingerprint density at radius 1 is 1.56 bits per heavy atom. The number of hydrogen-bond donors (Lipinski definition) is 2. The number of nitrogens with zero attached hydrogens (tertiary/aromatic N) is 1. The second-order valence-electron chi connectivity index (χ2n) is 4.76. The summed E-state index contributed by atoms with van der Waals surface area (Å²) >= 11 is 0. The first-order chi connectivity index (χ1) is 8.47. The fourth-order valence-electron chi connectivity index (χ4n) is 1.70. The molecule has 98 valence electrons. The average molecular weight is 251 g/mol. The van der Waals surface area contributed by atoms with Gasteiger partial charge in [-0.05, 0) is 26.3 Å². The number of anilines is 1. The average Bonchev–Trinajstić information content (AvgIpc) is 2.93. The number of nitro benzene ring substituents is 1. The van der Waals surface area contributed by atoms with E-state index in [1.807, 2.05) is 13.8 Å². The highest BCUT2D eigenvalue weighted by molar-refractivity contribution is 5.59. The highest BCUT2D eigenvalue weighted by atomic mass is 16.6. The van der Waals surface area contributed by atoms with Gasteiger partial charge in [0.05, 0.1) is 11.0 Å². The Kier molecular flexibility index (Phi) is 3.38. The Hall–Kier alpha value is -1.82. The van der Waals surface area contributed by atoms with E-state index in [-0.39, 0.29) is 29.6 Å².